The van der Waals surface area contributed by atoms with Gasteiger partial charge in [-0.15, -0.1) is 0 Å². The van der Waals surface area contributed by atoms with Crippen molar-refractivity contribution in [1.82, 2.24) is 5.32 Å². The molecule has 31 heavy (non-hydrogen) atoms. The van der Waals surface area contributed by atoms with Crippen LogP contribution in [-0.4, -0.2) is 28.9 Å². The number of anilines is 1. The summed E-state index contributed by atoms with van der Waals surface area (Å²) >= 11 is 0. The van der Waals surface area contributed by atoms with E-state index in [-0.39, 0.29) is 22.6 Å². The van der Waals surface area contributed by atoms with Gasteiger partial charge in [0.05, 0.1) is 11.3 Å². The molecule has 3 aromatic rings. The summed E-state index contributed by atoms with van der Waals surface area (Å²) in [6.07, 6.45) is 1.19. The second-order valence-electron chi connectivity index (χ2n) is 6.52. The Bertz CT molecular complexity index is 1240. The molecule has 1 aliphatic rings. The van der Waals surface area contributed by atoms with Crippen LogP contribution in [0.1, 0.15) is 16.1 Å². The van der Waals surface area contributed by atoms with Crippen LogP contribution in [0, 0.1) is 5.82 Å². The highest BCUT2D eigenvalue weighted by Crippen LogP contribution is 2.26. The summed E-state index contributed by atoms with van der Waals surface area (Å²) in [5, 5.41) is 11.0. The lowest BCUT2D eigenvalue weighted by Crippen LogP contribution is -2.54. The van der Waals surface area contributed by atoms with Gasteiger partial charge in [0.1, 0.15) is 22.9 Å². The molecule has 0 spiro atoms. The zero-order chi connectivity index (χ0) is 22.1. The van der Waals surface area contributed by atoms with Gasteiger partial charge in [-0.25, -0.2) is 18.9 Å². The molecule has 2 N–H and O–H groups in total. The number of barbiturate groups is 1. The standard InChI is InChI=1S/C22H13FN2O6/c23-14-5-7-15(8-6-14)25-20(27)17(19(26)24-22(25)30)11-16-9-10-18(31-16)12-1-3-13(4-2-12)21(28)29/h1-11H,(H,28,29)(H,24,26,30)/b17-11-. The number of carbonyl (C=O) groups is 4. The monoisotopic (exact) mass is 420 g/mol. The third-order valence-corrected chi connectivity index (χ3v) is 4.52. The molecule has 1 aliphatic heterocycles. The fourth-order valence-electron chi connectivity index (χ4n) is 2.99. The quantitative estimate of drug-likeness (QED) is 0.493. The molecule has 154 valence electrons. The third kappa shape index (κ3) is 3.84. The minimum absolute atomic E-state index is 0.0981. The van der Waals surface area contributed by atoms with E-state index in [9.17, 15) is 23.6 Å². The van der Waals surface area contributed by atoms with Gasteiger partial charge in [0, 0.05) is 5.56 Å². The fraction of sp³-hybridized carbons (Fsp3) is 0. The van der Waals surface area contributed by atoms with Gasteiger partial charge in [-0.2, -0.15) is 0 Å². The summed E-state index contributed by atoms with van der Waals surface area (Å²) in [5.41, 5.74) is 0.469. The predicted octanol–water partition coefficient (Wildman–Crippen LogP) is 3.45. The summed E-state index contributed by atoms with van der Waals surface area (Å²) in [4.78, 5) is 48.9. The van der Waals surface area contributed by atoms with E-state index in [1.807, 2.05) is 0 Å². The van der Waals surface area contributed by atoms with Gasteiger partial charge in [0.2, 0.25) is 0 Å². The molecule has 8 nitrogen and oxygen atoms in total. The van der Waals surface area contributed by atoms with Gasteiger partial charge in [-0.05, 0) is 54.6 Å². The molecule has 0 aliphatic carbocycles. The van der Waals surface area contributed by atoms with E-state index in [1.165, 1.54) is 36.4 Å². The number of rotatable bonds is 4. The Hall–Kier alpha value is -4.53. The minimum atomic E-state index is -1.06. The second kappa shape index (κ2) is 7.71. The second-order valence-corrected chi connectivity index (χ2v) is 6.52. The number of halogens is 1. The van der Waals surface area contributed by atoms with Gasteiger partial charge in [-0.1, -0.05) is 12.1 Å². The number of imide groups is 2. The lowest BCUT2D eigenvalue weighted by molar-refractivity contribution is -0.122. The lowest BCUT2D eigenvalue weighted by atomic mass is 10.1. The average Bonchev–Trinajstić information content (AvgIpc) is 3.21. The topological polar surface area (TPSA) is 117 Å². The van der Waals surface area contributed by atoms with Gasteiger partial charge in [-0.3, -0.25) is 14.9 Å². The first-order valence-electron chi connectivity index (χ1n) is 8.94. The van der Waals surface area contributed by atoms with Gasteiger partial charge >= 0.3 is 12.0 Å². The third-order valence-electron chi connectivity index (χ3n) is 4.52. The molecule has 1 saturated heterocycles. The fourth-order valence-corrected chi connectivity index (χ4v) is 2.99. The number of hydrogen-bond acceptors (Lipinski definition) is 5. The van der Waals surface area contributed by atoms with Gasteiger partial charge < -0.3 is 9.52 Å². The van der Waals surface area contributed by atoms with Gasteiger partial charge in [0.15, 0.2) is 0 Å². The van der Waals surface area contributed by atoms with Crippen molar-refractivity contribution in [3.8, 4) is 11.3 Å². The first-order chi connectivity index (χ1) is 14.8. The molecule has 4 amide bonds. The van der Waals surface area contributed by atoms with Crippen molar-refractivity contribution >= 4 is 35.6 Å². The Morgan fingerprint density at radius 3 is 2.29 bits per heavy atom. The van der Waals surface area contributed by atoms with E-state index in [0.29, 0.717) is 11.3 Å². The van der Waals surface area contributed by atoms with Crippen LogP contribution >= 0.6 is 0 Å². The van der Waals surface area contributed by atoms with E-state index >= 15 is 0 Å². The Morgan fingerprint density at radius 2 is 1.65 bits per heavy atom. The van der Waals surface area contributed by atoms with Crippen LogP contribution in [0.25, 0.3) is 17.4 Å². The molecule has 0 bridgehead atoms. The van der Waals surface area contributed by atoms with Crippen LogP contribution in [0.4, 0.5) is 14.9 Å². The van der Waals surface area contributed by atoms with Crippen LogP contribution in [0.5, 0.6) is 0 Å². The maximum atomic E-state index is 13.2. The number of carboxylic acid groups (broad SMARTS) is 1. The number of benzene rings is 2. The molecule has 0 saturated carbocycles. The van der Waals surface area contributed by atoms with Crippen LogP contribution in [0.15, 0.2) is 70.7 Å². The Balaban J connectivity index is 1.63. The van der Waals surface area contributed by atoms with Crippen molar-refractivity contribution in [2.75, 3.05) is 4.90 Å². The highest BCUT2D eigenvalue weighted by Gasteiger charge is 2.37. The average molecular weight is 420 g/mol. The largest absolute Gasteiger partial charge is 0.478 e. The minimum Gasteiger partial charge on any atom is -0.478 e. The number of nitrogens with one attached hydrogen (secondary N) is 1. The summed E-state index contributed by atoms with van der Waals surface area (Å²) in [5.74, 6) is -2.82. The molecule has 4 rings (SSSR count). The van der Waals surface area contributed by atoms with E-state index in [0.717, 1.165) is 17.0 Å². The van der Waals surface area contributed by atoms with Gasteiger partial charge in [0.25, 0.3) is 11.8 Å². The van der Waals surface area contributed by atoms with Crippen molar-refractivity contribution in [3.63, 3.8) is 0 Å². The molecule has 1 fully saturated rings. The highest BCUT2D eigenvalue weighted by molar-refractivity contribution is 6.39. The smallest absolute Gasteiger partial charge is 0.335 e. The zero-order valence-electron chi connectivity index (χ0n) is 15.7. The summed E-state index contributed by atoms with van der Waals surface area (Å²) < 4.78 is 18.8. The Morgan fingerprint density at radius 1 is 0.968 bits per heavy atom. The number of carboxylic acids is 1. The highest BCUT2D eigenvalue weighted by atomic mass is 19.1. The summed E-state index contributed by atoms with van der Waals surface area (Å²) in [6.45, 7) is 0. The lowest BCUT2D eigenvalue weighted by Gasteiger charge is -2.26. The zero-order valence-corrected chi connectivity index (χ0v) is 15.7. The number of aromatic carboxylic acids is 1. The SMILES string of the molecule is O=C1NC(=O)N(c2ccc(F)cc2)C(=O)/C1=C\c1ccc(-c2ccc(C(=O)O)cc2)o1. The maximum absolute atomic E-state index is 13.2. The first-order valence-corrected chi connectivity index (χ1v) is 8.94. The van der Waals surface area contributed by atoms with Crippen molar-refractivity contribution in [1.29, 1.82) is 0 Å². The number of hydrogen-bond donors (Lipinski definition) is 2. The molecule has 9 heteroatoms. The molecule has 2 aromatic carbocycles. The van der Waals surface area contributed by atoms with Crippen molar-refractivity contribution in [2.24, 2.45) is 0 Å². The Labute approximate surface area is 174 Å². The number of furan rings is 1. The van der Waals surface area contributed by atoms with Crippen molar-refractivity contribution in [2.45, 2.75) is 0 Å². The molecule has 2 heterocycles. The summed E-state index contributed by atoms with van der Waals surface area (Å²) in [7, 11) is 0. The van der Waals surface area contributed by atoms with Crippen LogP contribution in [-0.2, 0) is 9.59 Å². The molecular formula is C22H13FN2O6. The number of amides is 4. The van der Waals surface area contributed by atoms with Crippen molar-refractivity contribution in [3.05, 3.63) is 83.4 Å². The normalized spacial score (nSPS) is 15.3. The van der Waals surface area contributed by atoms with Crippen LogP contribution < -0.4 is 10.2 Å². The molecule has 1 aromatic heterocycles. The Kier molecular flexibility index (Phi) is 4.92. The van der Waals surface area contributed by atoms with E-state index in [2.05, 4.69) is 5.32 Å². The van der Waals surface area contributed by atoms with Crippen molar-refractivity contribution < 1.29 is 33.1 Å². The summed E-state index contributed by atoms with van der Waals surface area (Å²) in [6, 6.07) is 12.8. The molecule has 0 radical (unpaired) electrons. The van der Waals surface area contributed by atoms with Crippen LogP contribution in [0.2, 0.25) is 0 Å². The maximum Gasteiger partial charge on any atom is 0.335 e. The van der Waals surface area contributed by atoms with E-state index in [4.69, 9.17) is 9.52 Å². The van der Waals surface area contributed by atoms with E-state index < -0.39 is 29.6 Å². The predicted molar refractivity (Wildman–Crippen MR) is 107 cm³/mol. The number of nitrogens with zero attached hydrogens (tertiary/aromatic N) is 1. The molecular weight excluding hydrogens is 407 g/mol. The number of urea groups is 1. The molecule has 0 atom stereocenters. The van der Waals surface area contributed by atoms with Crippen LogP contribution in [0.3, 0.4) is 0 Å². The molecule has 0 unspecified atom stereocenters. The first kappa shape index (κ1) is 19.8. The van der Waals surface area contributed by atoms with E-state index in [1.54, 1.807) is 18.2 Å². The number of carbonyl (C=O) groups excluding carboxylic acids is 3.